The van der Waals surface area contributed by atoms with E-state index in [1.54, 1.807) is 10.6 Å². The number of rotatable bonds is 2. The van der Waals surface area contributed by atoms with E-state index in [2.05, 4.69) is 9.88 Å². The highest BCUT2D eigenvalue weighted by atomic mass is 16.2. The van der Waals surface area contributed by atoms with Crippen molar-refractivity contribution >= 4 is 16.8 Å². The Morgan fingerprint density at radius 3 is 2.53 bits per heavy atom. The van der Waals surface area contributed by atoms with Gasteiger partial charge in [-0.2, -0.15) is 0 Å². The monoisotopic (exact) mass is 401 g/mol. The van der Waals surface area contributed by atoms with E-state index < -0.39 is 0 Å². The number of hydrogen-bond donors (Lipinski definition) is 0. The van der Waals surface area contributed by atoms with Crippen molar-refractivity contribution in [2.45, 2.75) is 51.5 Å². The first-order valence-corrected chi connectivity index (χ1v) is 11.0. The van der Waals surface area contributed by atoms with Crippen molar-refractivity contribution < 1.29 is 4.79 Å². The molecule has 2 aromatic carbocycles. The zero-order chi connectivity index (χ0) is 20.7. The van der Waals surface area contributed by atoms with Gasteiger partial charge in [-0.15, -0.1) is 0 Å². The number of amides is 1. The lowest BCUT2D eigenvalue weighted by Gasteiger charge is -2.44. The molecule has 154 valence electrons. The van der Waals surface area contributed by atoms with Gasteiger partial charge in [-0.25, -0.2) is 4.98 Å². The van der Waals surface area contributed by atoms with Gasteiger partial charge in [0.15, 0.2) is 0 Å². The molecule has 1 aliphatic heterocycles. The van der Waals surface area contributed by atoms with Crippen LogP contribution in [-0.2, 0) is 0 Å². The molecular formula is C25H27N3O2. The van der Waals surface area contributed by atoms with Gasteiger partial charge in [-0.05, 0) is 74.9 Å². The number of hydrogen-bond acceptors (Lipinski definition) is 3. The highest BCUT2D eigenvalue weighted by Crippen LogP contribution is 2.36. The lowest BCUT2D eigenvalue weighted by molar-refractivity contribution is 0.0390. The summed E-state index contributed by atoms with van der Waals surface area (Å²) >= 11 is 0. The fraction of sp³-hybridized carbons (Fsp3) is 0.400. The van der Waals surface area contributed by atoms with Gasteiger partial charge in [0.05, 0.1) is 16.6 Å². The molecule has 5 rings (SSSR count). The van der Waals surface area contributed by atoms with Crippen LogP contribution in [0.4, 0.5) is 0 Å². The first kappa shape index (κ1) is 19.0. The van der Waals surface area contributed by atoms with E-state index in [-0.39, 0.29) is 11.5 Å². The molecule has 2 heterocycles. The first-order chi connectivity index (χ1) is 14.6. The third-order valence-electron chi connectivity index (χ3n) is 6.82. The average molecular weight is 402 g/mol. The number of fused-ring (bicyclic) bond motifs is 2. The summed E-state index contributed by atoms with van der Waals surface area (Å²) in [6.07, 6.45) is 7.26. The van der Waals surface area contributed by atoms with Gasteiger partial charge < -0.3 is 4.90 Å². The van der Waals surface area contributed by atoms with E-state index in [9.17, 15) is 9.59 Å². The molecule has 0 N–H and O–H groups in total. The molecule has 0 unspecified atom stereocenters. The number of carbonyl (C=O) groups is 1. The molecule has 3 aromatic rings. The van der Waals surface area contributed by atoms with Crippen LogP contribution in [0.5, 0.6) is 0 Å². The van der Waals surface area contributed by atoms with E-state index >= 15 is 0 Å². The summed E-state index contributed by atoms with van der Waals surface area (Å²) in [5.74, 6) is 1.43. The van der Waals surface area contributed by atoms with Crippen LogP contribution in [0.3, 0.4) is 0 Å². The minimum atomic E-state index is -0.0849. The highest BCUT2D eigenvalue weighted by molar-refractivity contribution is 5.94. The third kappa shape index (κ3) is 3.22. The number of piperidine rings is 1. The van der Waals surface area contributed by atoms with Crippen LogP contribution < -0.4 is 5.56 Å². The number of carbonyl (C=O) groups excluding carboxylic acids is 1. The van der Waals surface area contributed by atoms with Gasteiger partial charge in [0.1, 0.15) is 5.82 Å². The zero-order valence-corrected chi connectivity index (χ0v) is 17.4. The maximum Gasteiger partial charge on any atom is 0.265 e. The summed E-state index contributed by atoms with van der Waals surface area (Å²) in [6, 6.07) is 15.2. The molecule has 30 heavy (non-hydrogen) atoms. The van der Waals surface area contributed by atoms with Gasteiger partial charge in [-0.1, -0.05) is 25.0 Å². The van der Waals surface area contributed by atoms with Gasteiger partial charge in [0.2, 0.25) is 0 Å². The number of nitrogens with zero attached hydrogens (tertiary/aromatic N) is 3. The number of aromatic nitrogens is 2. The van der Waals surface area contributed by atoms with E-state index in [1.807, 2.05) is 49.4 Å². The summed E-state index contributed by atoms with van der Waals surface area (Å²) in [4.78, 5) is 33.0. The summed E-state index contributed by atoms with van der Waals surface area (Å²) in [5.41, 5.74) is 2.05. The Balaban J connectivity index is 1.46. The number of aryl methyl sites for hydroxylation is 1. The van der Waals surface area contributed by atoms with Crippen molar-refractivity contribution in [1.82, 2.24) is 14.5 Å². The average Bonchev–Trinajstić information content (AvgIpc) is 2.79. The van der Waals surface area contributed by atoms with Crippen LogP contribution in [0.2, 0.25) is 0 Å². The second-order valence-corrected chi connectivity index (χ2v) is 8.62. The molecule has 0 radical (unpaired) electrons. The van der Waals surface area contributed by atoms with Crippen LogP contribution in [-0.4, -0.2) is 32.9 Å². The van der Waals surface area contributed by atoms with Crippen molar-refractivity contribution in [2.75, 3.05) is 6.54 Å². The number of para-hydroxylation sites is 1. The zero-order valence-electron chi connectivity index (χ0n) is 17.4. The minimum Gasteiger partial charge on any atom is -0.335 e. The summed E-state index contributed by atoms with van der Waals surface area (Å²) in [5, 5.41) is 0.597. The molecule has 1 aromatic heterocycles. The van der Waals surface area contributed by atoms with Crippen LogP contribution in [0.1, 0.15) is 54.7 Å². The van der Waals surface area contributed by atoms with E-state index in [0.717, 1.165) is 25.1 Å². The molecule has 1 amide bonds. The van der Waals surface area contributed by atoms with Crippen LogP contribution in [0.15, 0.2) is 53.3 Å². The fourth-order valence-electron chi connectivity index (χ4n) is 5.34. The smallest absolute Gasteiger partial charge is 0.265 e. The normalized spacial score (nSPS) is 21.4. The van der Waals surface area contributed by atoms with Crippen LogP contribution in [0, 0.1) is 12.8 Å². The maximum absolute atomic E-state index is 13.3. The molecule has 0 bridgehead atoms. The summed E-state index contributed by atoms with van der Waals surface area (Å²) in [6.45, 7) is 2.69. The van der Waals surface area contributed by atoms with Gasteiger partial charge in [0.25, 0.3) is 11.5 Å². The second kappa shape index (κ2) is 7.71. The Labute approximate surface area is 176 Å². The van der Waals surface area contributed by atoms with E-state index in [1.165, 1.54) is 25.7 Å². The van der Waals surface area contributed by atoms with Crippen molar-refractivity contribution in [3.63, 3.8) is 0 Å². The minimum absolute atomic E-state index is 0.0849. The Morgan fingerprint density at radius 1 is 0.967 bits per heavy atom. The largest absolute Gasteiger partial charge is 0.335 e. The van der Waals surface area contributed by atoms with Crippen LogP contribution >= 0.6 is 0 Å². The number of benzene rings is 2. The SMILES string of the molecule is Cc1nc2ccccc2c(=O)n1-c1ccc(C(=O)N2CCC[C@@H]3CCCC[C@H]32)cc1. The van der Waals surface area contributed by atoms with Crippen molar-refractivity contribution in [3.8, 4) is 5.69 Å². The maximum atomic E-state index is 13.3. The molecule has 1 aliphatic carbocycles. The Morgan fingerprint density at radius 2 is 1.70 bits per heavy atom. The van der Waals surface area contributed by atoms with Gasteiger partial charge in [0, 0.05) is 18.2 Å². The quantitative estimate of drug-likeness (QED) is 0.636. The molecule has 1 saturated heterocycles. The predicted molar refractivity (Wildman–Crippen MR) is 118 cm³/mol. The molecule has 2 atom stereocenters. The second-order valence-electron chi connectivity index (χ2n) is 8.62. The third-order valence-corrected chi connectivity index (χ3v) is 6.82. The summed E-state index contributed by atoms with van der Waals surface area (Å²) < 4.78 is 1.62. The highest BCUT2D eigenvalue weighted by Gasteiger charge is 2.35. The lowest BCUT2D eigenvalue weighted by atomic mass is 9.78. The molecule has 2 fully saturated rings. The molecular weight excluding hydrogens is 374 g/mol. The van der Waals surface area contributed by atoms with E-state index in [0.29, 0.717) is 34.3 Å². The van der Waals surface area contributed by atoms with Gasteiger partial charge in [-0.3, -0.25) is 14.2 Å². The first-order valence-electron chi connectivity index (χ1n) is 11.0. The molecule has 0 spiro atoms. The fourth-order valence-corrected chi connectivity index (χ4v) is 5.34. The Bertz CT molecular complexity index is 1150. The topological polar surface area (TPSA) is 55.2 Å². The molecule has 5 heteroatoms. The van der Waals surface area contributed by atoms with Gasteiger partial charge >= 0.3 is 0 Å². The van der Waals surface area contributed by atoms with Crippen LogP contribution in [0.25, 0.3) is 16.6 Å². The predicted octanol–water partition coefficient (Wildman–Crippen LogP) is 4.49. The van der Waals surface area contributed by atoms with Crippen molar-refractivity contribution in [2.24, 2.45) is 5.92 Å². The molecule has 5 nitrogen and oxygen atoms in total. The Kier molecular flexibility index (Phi) is 4.89. The van der Waals surface area contributed by atoms with Crippen molar-refractivity contribution in [3.05, 3.63) is 70.3 Å². The molecule has 2 aliphatic rings. The standard InChI is InChI=1S/C25H27N3O2/c1-17-26-22-10-4-3-9-21(22)25(30)28(17)20-14-12-19(13-15-20)24(29)27-16-6-8-18-7-2-5-11-23(18)27/h3-4,9-10,12-15,18,23H,2,5-8,11,16H2,1H3/t18-,23+/m0/s1. The lowest BCUT2D eigenvalue weighted by Crippen LogP contribution is -2.49. The van der Waals surface area contributed by atoms with Crippen molar-refractivity contribution in [1.29, 1.82) is 0 Å². The number of likely N-dealkylation sites (tertiary alicyclic amines) is 1. The Hall–Kier alpha value is -2.95. The summed E-state index contributed by atoms with van der Waals surface area (Å²) in [7, 11) is 0. The van der Waals surface area contributed by atoms with E-state index in [4.69, 9.17) is 0 Å². The molecule has 1 saturated carbocycles.